The fourth-order valence-corrected chi connectivity index (χ4v) is 0.858. The quantitative estimate of drug-likeness (QED) is 0.548. The predicted molar refractivity (Wildman–Crippen MR) is 38.9 cm³/mol. The van der Waals surface area contributed by atoms with Crippen LogP contribution in [0, 0.1) is 5.92 Å². The standard InChI is InChI=1S/C7H11NO3/c1-4(9)7(5(2)10)6(11)3-8/h7H,3,8H2,1-2H3. The molecule has 0 rings (SSSR count). The lowest BCUT2D eigenvalue weighted by Crippen LogP contribution is -2.33. The second kappa shape index (κ2) is 3.98. The number of hydrogen-bond donors (Lipinski definition) is 1. The first-order valence-corrected chi connectivity index (χ1v) is 3.24. The van der Waals surface area contributed by atoms with Crippen LogP contribution in [0.1, 0.15) is 13.8 Å². The highest BCUT2D eigenvalue weighted by atomic mass is 16.2. The van der Waals surface area contributed by atoms with Gasteiger partial charge in [-0.2, -0.15) is 0 Å². The van der Waals surface area contributed by atoms with Gasteiger partial charge in [-0.25, -0.2) is 0 Å². The largest absolute Gasteiger partial charge is 0.324 e. The molecule has 0 atom stereocenters. The smallest absolute Gasteiger partial charge is 0.164 e. The summed E-state index contributed by atoms with van der Waals surface area (Å²) < 4.78 is 0. The van der Waals surface area contributed by atoms with E-state index in [1.807, 2.05) is 0 Å². The van der Waals surface area contributed by atoms with Crippen LogP contribution in [-0.4, -0.2) is 23.9 Å². The van der Waals surface area contributed by atoms with Gasteiger partial charge in [0, 0.05) is 0 Å². The van der Waals surface area contributed by atoms with Crippen molar-refractivity contribution in [2.24, 2.45) is 11.7 Å². The Morgan fingerprint density at radius 1 is 1.18 bits per heavy atom. The zero-order chi connectivity index (χ0) is 9.02. The summed E-state index contributed by atoms with van der Waals surface area (Å²) in [5, 5.41) is 0. The first-order valence-electron chi connectivity index (χ1n) is 3.24. The maximum absolute atomic E-state index is 10.8. The lowest BCUT2D eigenvalue weighted by Gasteiger charge is -2.05. The monoisotopic (exact) mass is 157 g/mol. The van der Waals surface area contributed by atoms with Crippen LogP contribution in [-0.2, 0) is 14.4 Å². The average molecular weight is 157 g/mol. The van der Waals surface area contributed by atoms with Gasteiger partial charge in [-0.15, -0.1) is 0 Å². The molecule has 0 aliphatic rings. The predicted octanol–water partition coefficient (Wildman–Crippen LogP) is -0.692. The summed E-state index contributed by atoms with van der Waals surface area (Å²) in [5.74, 6) is -2.52. The molecule has 0 aliphatic heterocycles. The van der Waals surface area contributed by atoms with E-state index in [0.717, 1.165) is 0 Å². The molecule has 0 unspecified atom stereocenters. The Morgan fingerprint density at radius 3 is 1.64 bits per heavy atom. The molecule has 4 heteroatoms. The molecule has 0 saturated carbocycles. The molecular weight excluding hydrogens is 146 g/mol. The van der Waals surface area contributed by atoms with Crippen LogP contribution in [0.5, 0.6) is 0 Å². The summed E-state index contributed by atoms with van der Waals surface area (Å²) in [6.45, 7) is 2.16. The van der Waals surface area contributed by atoms with Crippen molar-refractivity contribution in [3.8, 4) is 0 Å². The van der Waals surface area contributed by atoms with Crippen LogP contribution in [0.15, 0.2) is 0 Å². The average Bonchev–Trinajstić information content (AvgIpc) is 1.85. The van der Waals surface area contributed by atoms with E-state index < -0.39 is 23.3 Å². The fourth-order valence-electron chi connectivity index (χ4n) is 0.858. The van der Waals surface area contributed by atoms with Gasteiger partial charge in [0.15, 0.2) is 5.78 Å². The van der Waals surface area contributed by atoms with Gasteiger partial charge >= 0.3 is 0 Å². The van der Waals surface area contributed by atoms with Gasteiger partial charge in [0.05, 0.1) is 6.54 Å². The van der Waals surface area contributed by atoms with Crippen molar-refractivity contribution in [3.05, 3.63) is 0 Å². The number of Topliss-reactive ketones (excluding diaryl/α,β-unsaturated/α-hetero) is 3. The summed E-state index contributed by atoms with van der Waals surface area (Å²) >= 11 is 0. The van der Waals surface area contributed by atoms with E-state index >= 15 is 0 Å². The SMILES string of the molecule is CC(=O)C(C(C)=O)C(=O)CN. The molecule has 11 heavy (non-hydrogen) atoms. The molecule has 0 spiro atoms. The number of hydrogen-bond acceptors (Lipinski definition) is 4. The van der Waals surface area contributed by atoms with Crippen molar-refractivity contribution >= 4 is 17.3 Å². The molecule has 4 nitrogen and oxygen atoms in total. The van der Waals surface area contributed by atoms with E-state index in [4.69, 9.17) is 5.73 Å². The lowest BCUT2D eigenvalue weighted by molar-refractivity contribution is -0.137. The van der Waals surface area contributed by atoms with Crippen LogP contribution in [0.25, 0.3) is 0 Å². The highest BCUT2D eigenvalue weighted by molar-refractivity contribution is 6.18. The number of rotatable bonds is 4. The molecule has 0 saturated heterocycles. The Bertz CT molecular complexity index is 184. The Hall–Kier alpha value is -1.03. The molecule has 0 aromatic rings. The normalized spacial score (nSPS) is 9.82. The first-order chi connectivity index (χ1) is 5.00. The van der Waals surface area contributed by atoms with Crippen molar-refractivity contribution in [2.45, 2.75) is 13.8 Å². The number of ketones is 3. The molecule has 0 aliphatic carbocycles. The van der Waals surface area contributed by atoms with Crippen molar-refractivity contribution in [3.63, 3.8) is 0 Å². The lowest BCUT2D eigenvalue weighted by atomic mass is 9.96. The molecule has 0 radical (unpaired) electrons. The summed E-state index contributed by atoms with van der Waals surface area (Å²) in [7, 11) is 0. The van der Waals surface area contributed by atoms with Gasteiger partial charge in [0.1, 0.15) is 17.5 Å². The third-order valence-corrected chi connectivity index (χ3v) is 1.34. The van der Waals surface area contributed by atoms with Crippen LogP contribution < -0.4 is 5.73 Å². The molecule has 0 aromatic heterocycles. The van der Waals surface area contributed by atoms with Gasteiger partial charge in [0.2, 0.25) is 0 Å². The minimum atomic E-state index is -1.14. The zero-order valence-electron chi connectivity index (χ0n) is 6.59. The van der Waals surface area contributed by atoms with Crippen LogP contribution in [0.3, 0.4) is 0 Å². The van der Waals surface area contributed by atoms with E-state index in [1.54, 1.807) is 0 Å². The van der Waals surface area contributed by atoms with Crippen molar-refractivity contribution < 1.29 is 14.4 Å². The molecular formula is C7H11NO3. The second-order valence-electron chi connectivity index (χ2n) is 2.32. The van der Waals surface area contributed by atoms with E-state index in [1.165, 1.54) is 13.8 Å². The molecule has 0 heterocycles. The molecule has 0 bridgehead atoms. The second-order valence-corrected chi connectivity index (χ2v) is 2.32. The Balaban J connectivity index is 4.47. The van der Waals surface area contributed by atoms with Crippen molar-refractivity contribution in [2.75, 3.05) is 6.54 Å². The van der Waals surface area contributed by atoms with Crippen LogP contribution in [0.2, 0.25) is 0 Å². The summed E-state index contributed by atoms with van der Waals surface area (Å²) in [5.41, 5.74) is 4.99. The van der Waals surface area contributed by atoms with E-state index in [-0.39, 0.29) is 6.54 Å². The van der Waals surface area contributed by atoms with Gasteiger partial charge < -0.3 is 5.73 Å². The first kappa shape index (κ1) is 9.97. The van der Waals surface area contributed by atoms with Crippen LogP contribution >= 0.6 is 0 Å². The molecule has 0 amide bonds. The van der Waals surface area contributed by atoms with E-state index in [0.29, 0.717) is 0 Å². The van der Waals surface area contributed by atoms with E-state index in [9.17, 15) is 14.4 Å². The highest BCUT2D eigenvalue weighted by Crippen LogP contribution is 2.00. The Labute approximate surface area is 64.8 Å². The maximum atomic E-state index is 10.8. The van der Waals surface area contributed by atoms with Gasteiger partial charge in [-0.05, 0) is 13.8 Å². The minimum absolute atomic E-state index is 0.260. The van der Waals surface area contributed by atoms with E-state index in [2.05, 4.69) is 0 Å². The topological polar surface area (TPSA) is 77.2 Å². The van der Waals surface area contributed by atoms with Gasteiger partial charge in [-0.1, -0.05) is 0 Å². The van der Waals surface area contributed by atoms with Crippen molar-refractivity contribution in [1.82, 2.24) is 0 Å². The third-order valence-electron chi connectivity index (χ3n) is 1.34. The maximum Gasteiger partial charge on any atom is 0.164 e. The zero-order valence-corrected chi connectivity index (χ0v) is 6.59. The Morgan fingerprint density at radius 2 is 1.55 bits per heavy atom. The highest BCUT2D eigenvalue weighted by Gasteiger charge is 2.25. The number of carbonyl (C=O) groups is 3. The number of nitrogens with two attached hydrogens (primary N) is 1. The minimum Gasteiger partial charge on any atom is -0.324 e. The summed E-state index contributed by atoms with van der Waals surface area (Å²) in [6.07, 6.45) is 0. The summed E-state index contributed by atoms with van der Waals surface area (Å²) in [6, 6.07) is 0. The molecule has 0 aromatic carbocycles. The molecule has 0 fully saturated rings. The van der Waals surface area contributed by atoms with Crippen molar-refractivity contribution in [1.29, 1.82) is 0 Å². The van der Waals surface area contributed by atoms with Gasteiger partial charge in [0.25, 0.3) is 0 Å². The van der Waals surface area contributed by atoms with Crippen LogP contribution in [0.4, 0.5) is 0 Å². The van der Waals surface area contributed by atoms with Gasteiger partial charge in [-0.3, -0.25) is 14.4 Å². The Kier molecular flexibility index (Phi) is 3.60. The summed E-state index contributed by atoms with van der Waals surface area (Å²) in [4.78, 5) is 32.2. The third kappa shape index (κ3) is 2.59. The molecule has 2 N–H and O–H groups in total. The number of carbonyl (C=O) groups excluding carboxylic acids is 3. The molecule has 62 valence electrons. The fraction of sp³-hybridized carbons (Fsp3) is 0.571.